The molecule has 0 radical (unpaired) electrons. The molecule has 0 N–H and O–H groups in total. The van der Waals surface area contributed by atoms with Gasteiger partial charge in [0.15, 0.2) is 0 Å². The number of hydrogen-bond acceptors (Lipinski definition) is 4. The maximum Gasteiger partial charge on any atom is 0.340 e. The van der Waals surface area contributed by atoms with E-state index in [1.165, 1.54) is 7.11 Å². The Morgan fingerprint density at radius 3 is 2.41 bits per heavy atom. The zero-order chi connectivity index (χ0) is 21.1. The Hall–Kier alpha value is -2.76. The fourth-order valence-electron chi connectivity index (χ4n) is 3.12. The van der Waals surface area contributed by atoms with Crippen molar-refractivity contribution < 1.29 is 19.1 Å². The van der Waals surface area contributed by atoms with Crippen molar-refractivity contribution in [3.8, 4) is 5.75 Å². The highest BCUT2D eigenvalue weighted by Gasteiger charge is 2.37. The van der Waals surface area contributed by atoms with Crippen LogP contribution in [0.5, 0.6) is 5.75 Å². The lowest BCUT2D eigenvalue weighted by molar-refractivity contribution is -0.136. The molecule has 0 spiro atoms. The van der Waals surface area contributed by atoms with Gasteiger partial charge in [-0.15, -0.1) is 0 Å². The quantitative estimate of drug-likeness (QED) is 0.500. The van der Waals surface area contributed by atoms with Gasteiger partial charge < -0.3 is 14.4 Å². The summed E-state index contributed by atoms with van der Waals surface area (Å²) in [6.07, 6.45) is 1.57. The van der Waals surface area contributed by atoms with E-state index in [4.69, 9.17) is 32.7 Å². The molecular formula is C22H19Cl2NO4. The van der Waals surface area contributed by atoms with Crippen LogP contribution in [0.1, 0.15) is 18.1 Å². The van der Waals surface area contributed by atoms with Crippen molar-refractivity contribution in [2.45, 2.75) is 13.5 Å². The molecule has 0 atom stereocenters. The van der Waals surface area contributed by atoms with Gasteiger partial charge in [0.1, 0.15) is 5.75 Å². The summed E-state index contributed by atoms with van der Waals surface area (Å²) in [6.45, 7) is 2.02. The van der Waals surface area contributed by atoms with Crippen LogP contribution in [-0.2, 0) is 20.9 Å². The molecule has 0 saturated heterocycles. The number of halogens is 2. The van der Waals surface area contributed by atoms with Gasteiger partial charge >= 0.3 is 5.97 Å². The number of amides is 1. The Morgan fingerprint density at radius 2 is 1.79 bits per heavy atom. The third kappa shape index (κ3) is 4.16. The van der Waals surface area contributed by atoms with Crippen molar-refractivity contribution in [3.05, 3.63) is 80.5 Å². The second kappa shape index (κ2) is 8.72. The normalized spacial score (nSPS) is 15.3. The predicted molar refractivity (Wildman–Crippen MR) is 113 cm³/mol. The number of allylic oxidation sites excluding steroid dienone is 1. The number of carbonyl (C=O) groups is 2. The van der Waals surface area contributed by atoms with Crippen LogP contribution in [0.15, 0.2) is 59.3 Å². The molecule has 5 nitrogen and oxygen atoms in total. The Kier molecular flexibility index (Phi) is 6.30. The standard InChI is InChI=1S/C22H19Cl2NO4/c1-13-19(22(27)29-3)17(11-15-5-4-6-18(23)20(15)24)21(26)25(13)12-14-7-9-16(28-2)10-8-14/h4-11H,12H2,1-3H3/b17-11+. The van der Waals surface area contributed by atoms with Gasteiger partial charge in [-0.25, -0.2) is 4.79 Å². The summed E-state index contributed by atoms with van der Waals surface area (Å²) in [7, 11) is 2.87. The second-order valence-electron chi connectivity index (χ2n) is 6.39. The van der Waals surface area contributed by atoms with Gasteiger partial charge in [0.2, 0.25) is 0 Å². The van der Waals surface area contributed by atoms with E-state index in [2.05, 4.69) is 0 Å². The molecule has 2 aromatic rings. The van der Waals surface area contributed by atoms with E-state index in [9.17, 15) is 9.59 Å². The first-order valence-electron chi connectivity index (χ1n) is 8.77. The molecule has 0 aliphatic carbocycles. The van der Waals surface area contributed by atoms with Gasteiger partial charge in [0.05, 0.1) is 42.0 Å². The Balaban J connectivity index is 2.03. The minimum Gasteiger partial charge on any atom is -0.497 e. The van der Waals surface area contributed by atoms with E-state index < -0.39 is 5.97 Å². The lowest BCUT2D eigenvalue weighted by atomic mass is 10.0. The zero-order valence-corrected chi connectivity index (χ0v) is 17.7. The Labute approximate surface area is 179 Å². The molecule has 2 aromatic carbocycles. The summed E-state index contributed by atoms with van der Waals surface area (Å²) in [5.41, 5.74) is 2.38. The van der Waals surface area contributed by atoms with Crippen molar-refractivity contribution >= 4 is 41.2 Å². The molecule has 0 fully saturated rings. The molecule has 0 saturated carbocycles. The summed E-state index contributed by atoms with van der Waals surface area (Å²) >= 11 is 12.3. The molecule has 1 aliphatic heterocycles. The average Bonchev–Trinajstić information content (AvgIpc) is 2.95. The highest BCUT2D eigenvalue weighted by molar-refractivity contribution is 6.43. The van der Waals surface area contributed by atoms with Crippen LogP contribution >= 0.6 is 23.2 Å². The number of esters is 1. The van der Waals surface area contributed by atoms with Gasteiger partial charge in [-0.3, -0.25) is 4.79 Å². The summed E-state index contributed by atoms with van der Waals surface area (Å²) in [6, 6.07) is 12.5. The van der Waals surface area contributed by atoms with Crippen LogP contribution in [-0.4, -0.2) is 31.0 Å². The van der Waals surface area contributed by atoms with Crippen molar-refractivity contribution in [1.29, 1.82) is 0 Å². The number of methoxy groups -OCH3 is 2. The lowest BCUT2D eigenvalue weighted by Crippen LogP contribution is -2.24. The summed E-state index contributed by atoms with van der Waals surface area (Å²) in [4.78, 5) is 27.2. The first-order valence-corrected chi connectivity index (χ1v) is 9.53. The van der Waals surface area contributed by atoms with E-state index in [0.29, 0.717) is 27.9 Å². The van der Waals surface area contributed by atoms with Gasteiger partial charge in [0, 0.05) is 5.70 Å². The van der Waals surface area contributed by atoms with Crippen LogP contribution in [0.4, 0.5) is 0 Å². The summed E-state index contributed by atoms with van der Waals surface area (Å²) in [5, 5.41) is 0.673. The molecule has 29 heavy (non-hydrogen) atoms. The van der Waals surface area contributed by atoms with Crippen molar-refractivity contribution in [1.82, 2.24) is 4.90 Å². The average molecular weight is 432 g/mol. The van der Waals surface area contributed by atoms with E-state index in [-0.39, 0.29) is 17.1 Å². The maximum absolute atomic E-state index is 13.2. The van der Waals surface area contributed by atoms with Crippen LogP contribution in [0.25, 0.3) is 6.08 Å². The summed E-state index contributed by atoms with van der Waals surface area (Å²) in [5.74, 6) is -0.174. The van der Waals surface area contributed by atoms with Crippen molar-refractivity contribution in [2.24, 2.45) is 0 Å². The SMILES string of the molecule is COC(=O)C1=C(C)N(Cc2ccc(OC)cc2)C(=O)/C1=C/c1cccc(Cl)c1Cl. The predicted octanol–water partition coefficient (Wildman–Crippen LogP) is 4.87. The molecular weight excluding hydrogens is 413 g/mol. The van der Waals surface area contributed by atoms with Crippen LogP contribution in [0.2, 0.25) is 10.0 Å². The van der Waals surface area contributed by atoms with Gasteiger partial charge in [-0.1, -0.05) is 47.5 Å². The highest BCUT2D eigenvalue weighted by atomic mass is 35.5. The highest BCUT2D eigenvalue weighted by Crippen LogP contribution is 2.35. The van der Waals surface area contributed by atoms with E-state index >= 15 is 0 Å². The minimum atomic E-state index is -0.586. The lowest BCUT2D eigenvalue weighted by Gasteiger charge is -2.18. The van der Waals surface area contributed by atoms with Crippen LogP contribution in [0, 0.1) is 0 Å². The number of carbonyl (C=O) groups excluding carboxylic acids is 2. The molecule has 1 aliphatic rings. The second-order valence-corrected chi connectivity index (χ2v) is 7.18. The number of nitrogens with zero attached hydrogens (tertiary/aromatic N) is 1. The maximum atomic E-state index is 13.2. The molecule has 1 amide bonds. The fourth-order valence-corrected chi connectivity index (χ4v) is 3.48. The number of hydrogen-bond donors (Lipinski definition) is 0. The molecule has 7 heteroatoms. The van der Waals surface area contributed by atoms with Crippen molar-refractivity contribution in [3.63, 3.8) is 0 Å². The molecule has 0 aromatic heterocycles. The monoisotopic (exact) mass is 431 g/mol. The van der Waals surface area contributed by atoms with Crippen LogP contribution in [0.3, 0.4) is 0 Å². The number of rotatable bonds is 5. The van der Waals surface area contributed by atoms with Crippen molar-refractivity contribution in [2.75, 3.05) is 14.2 Å². The summed E-state index contributed by atoms with van der Waals surface area (Å²) < 4.78 is 10.1. The first-order chi connectivity index (χ1) is 13.9. The smallest absolute Gasteiger partial charge is 0.340 e. The molecule has 3 rings (SSSR count). The van der Waals surface area contributed by atoms with Gasteiger partial charge in [-0.05, 0) is 42.3 Å². The first kappa shape index (κ1) is 21.0. The Bertz CT molecular complexity index is 1030. The molecule has 150 valence electrons. The van der Waals surface area contributed by atoms with Crippen LogP contribution < -0.4 is 4.74 Å². The largest absolute Gasteiger partial charge is 0.497 e. The zero-order valence-electron chi connectivity index (χ0n) is 16.2. The van der Waals surface area contributed by atoms with Gasteiger partial charge in [-0.2, -0.15) is 0 Å². The van der Waals surface area contributed by atoms with E-state index in [1.54, 1.807) is 43.2 Å². The molecule has 1 heterocycles. The van der Waals surface area contributed by atoms with E-state index in [1.807, 2.05) is 24.3 Å². The fraction of sp³-hybridized carbons (Fsp3) is 0.182. The number of benzene rings is 2. The molecule has 0 bridgehead atoms. The minimum absolute atomic E-state index is 0.210. The van der Waals surface area contributed by atoms with E-state index in [0.717, 1.165) is 11.3 Å². The third-order valence-electron chi connectivity index (χ3n) is 4.68. The van der Waals surface area contributed by atoms with Gasteiger partial charge in [0.25, 0.3) is 5.91 Å². The number of ether oxygens (including phenoxy) is 2. The third-order valence-corrected chi connectivity index (χ3v) is 5.52. The molecule has 0 unspecified atom stereocenters. The topological polar surface area (TPSA) is 55.8 Å². The Morgan fingerprint density at radius 1 is 1.10 bits per heavy atom.